The van der Waals surface area contributed by atoms with Crippen LogP contribution in [0.5, 0.6) is 11.6 Å². The Balaban J connectivity index is 2.02. The number of aromatic amines is 1. The van der Waals surface area contributed by atoms with Gasteiger partial charge in [0, 0.05) is 6.07 Å². The van der Waals surface area contributed by atoms with Crippen LogP contribution in [0, 0.1) is 20.2 Å². The van der Waals surface area contributed by atoms with Gasteiger partial charge in [0.05, 0.1) is 34.9 Å². The van der Waals surface area contributed by atoms with Crippen molar-refractivity contribution in [2.45, 2.75) is 0 Å². The van der Waals surface area contributed by atoms with Crippen molar-refractivity contribution in [3.63, 3.8) is 0 Å². The molecule has 3 aromatic rings. The Morgan fingerprint density at radius 1 is 1.16 bits per heavy atom. The summed E-state index contributed by atoms with van der Waals surface area (Å²) < 4.78 is 5.95. The molecule has 0 aliphatic carbocycles. The maximum Gasteiger partial charge on any atom is 0.335 e. The van der Waals surface area contributed by atoms with Crippen LogP contribution in [0.1, 0.15) is 5.56 Å². The van der Waals surface area contributed by atoms with E-state index in [0.717, 1.165) is 29.0 Å². The largest absolute Gasteiger partial charge is 0.495 e. The lowest BCUT2D eigenvalue weighted by atomic mass is 10.2. The zero-order valence-electron chi connectivity index (χ0n) is 16.2. The molecule has 0 amide bonds. The molecule has 0 aliphatic rings. The van der Waals surface area contributed by atoms with Crippen molar-refractivity contribution in [3.05, 3.63) is 89.1 Å². The molecule has 1 heterocycles. The minimum atomic E-state index is -0.970. The molecular weight excluding hydrogens is 428 g/mol. The van der Waals surface area contributed by atoms with Crippen LogP contribution in [-0.2, 0) is 0 Å². The van der Waals surface area contributed by atoms with Crippen LogP contribution in [-0.4, -0.2) is 37.8 Å². The standard InChI is InChI=1S/C18H14N6O8/c1-32-15-5-3-2-4-13(15)22-17(26)11(16(25)20-18(22)27)9-19-21-12-7-6-10(23(28)29)8-14(12)24(30)31/h2-9,21,26H,1H3,(H,20,25,27). The summed E-state index contributed by atoms with van der Waals surface area (Å²) in [5.41, 5.74) is -1.24. The van der Waals surface area contributed by atoms with Crippen molar-refractivity contribution in [2.24, 2.45) is 5.10 Å². The number of benzene rings is 2. The van der Waals surface area contributed by atoms with E-state index in [1.165, 1.54) is 19.2 Å². The van der Waals surface area contributed by atoms with Crippen molar-refractivity contribution in [2.75, 3.05) is 12.5 Å². The van der Waals surface area contributed by atoms with Crippen molar-refractivity contribution in [1.29, 1.82) is 0 Å². The molecule has 0 bridgehead atoms. The van der Waals surface area contributed by atoms with Gasteiger partial charge in [0.25, 0.3) is 11.2 Å². The van der Waals surface area contributed by atoms with E-state index in [2.05, 4.69) is 10.5 Å². The summed E-state index contributed by atoms with van der Waals surface area (Å²) in [5.74, 6) is -0.522. The van der Waals surface area contributed by atoms with Crippen LogP contribution in [0.15, 0.2) is 57.2 Å². The lowest BCUT2D eigenvalue weighted by Gasteiger charge is -2.12. The van der Waals surface area contributed by atoms with E-state index >= 15 is 0 Å². The van der Waals surface area contributed by atoms with Gasteiger partial charge in [0.1, 0.15) is 17.0 Å². The first-order chi connectivity index (χ1) is 15.2. The average Bonchev–Trinajstić information content (AvgIpc) is 2.76. The van der Waals surface area contributed by atoms with Crippen LogP contribution in [0.3, 0.4) is 0 Å². The molecule has 0 unspecified atom stereocenters. The van der Waals surface area contributed by atoms with E-state index in [9.17, 15) is 34.9 Å². The number of nitro benzene ring substituents is 2. The summed E-state index contributed by atoms with van der Waals surface area (Å²) in [5, 5.41) is 36.2. The van der Waals surface area contributed by atoms with E-state index < -0.39 is 43.9 Å². The third-order valence-corrected chi connectivity index (χ3v) is 4.21. The predicted molar refractivity (Wildman–Crippen MR) is 112 cm³/mol. The van der Waals surface area contributed by atoms with Crippen molar-refractivity contribution in [1.82, 2.24) is 9.55 Å². The van der Waals surface area contributed by atoms with Gasteiger partial charge in [-0.05, 0) is 18.2 Å². The number of aromatic hydroxyl groups is 1. The Bertz CT molecular complexity index is 1360. The number of nitrogens with zero attached hydrogens (tertiary/aromatic N) is 4. The number of ether oxygens (including phenoxy) is 1. The van der Waals surface area contributed by atoms with Gasteiger partial charge >= 0.3 is 11.4 Å². The molecule has 0 spiro atoms. The Labute approximate surface area is 177 Å². The molecule has 0 fully saturated rings. The van der Waals surface area contributed by atoms with Gasteiger partial charge in [-0.2, -0.15) is 5.10 Å². The number of methoxy groups -OCH3 is 1. The Morgan fingerprint density at radius 3 is 2.53 bits per heavy atom. The summed E-state index contributed by atoms with van der Waals surface area (Å²) >= 11 is 0. The fraction of sp³-hybridized carbons (Fsp3) is 0.0556. The fourth-order valence-corrected chi connectivity index (χ4v) is 2.74. The molecule has 0 atom stereocenters. The van der Waals surface area contributed by atoms with Crippen LogP contribution in [0.4, 0.5) is 17.1 Å². The number of nitro groups is 2. The second kappa shape index (κ2) is 8.78. The first kappa shape index (κ1) is 21.7. The molecule has 3 N–H and O–H groups in total. The second-order valence-corrected chi connectivity index (χ2v) is 6.09. The van der Waals surface area contributed by atoms with Gasteiger partial charge in [-0.15, -0.1) is 0 Å². The number of non-ortho nitro benzene ring substituents is 1. The fourth-order valence-electron chi connectivity index (χ4n) is 2.74. The number of aromatic nitrogens is 2. The van der Waals surface area contributed by atoms with Crippen molar-refractivity contribution < 1.29 is 19.7 Å². The molecule has 164 valence electrons. The van der Waals surface area contributed by atoms with E-state index in [-0.39, 0.29) is 17.1 Å². The minimum Gasteiger partial charge on any atom is -0.495 e. The van der Waals surface area contributed by atoms with Gasteiger partial charge in [0.2, 0.25) is 5.88 Å². The molecule has 2 aromatic carbocycles. The number of H-pyrrole nitrogens is 1. The lowest BCUT2D eigenvalue weighted by Crippen LogP contribution is -2.31. The van der Waals surface area contributed by atoms with E-state index in [1.54, 1.807) is 12.1 Å². The Morgan fingerprint density at radius 2 is 1.88 bits per heavy atom. The van der Waals surface area contributed by atoms with E-state index in [1.807, 2.05) is 4.98 Å². The first-order valence-corrected chi connectivity index (χ1v) is 8.68. The molecule has 32 heavy (non-hydrogen) atoms. The molecule has 0 saturated carbocycles. The highest BCUT2D eigenvalue weighted by molar-refractivity contribution is 5.83. The van der Waals surface area contributed by atoms with Crippen LogP contribution in [0.2, 0.25) is 0 Å². The quantitative estimate of drug-likeness (QED) is 0.276. The number of nitrogens with one attached hydrogen (secondary N) is 2. The highest BCUT2D eigenvalue weighted by Crippen LogP contribution is 2.29. The molecular formula is C18H14N6O8. The SMILES string of the molecule is COc1ccccc1-n1c(O)c(C=NNc2ccc([N+](=O)[O-])cc2[N+](=O)[O-])c(=O)[nH]c1=O. The number of anilines is 1. The number of para-hydroxylation sites is 2. The van der Waals surface area contributed by atoms with Gasteiger partial charge in [-0.3, -0.25) is 35.4 Å². The summed E-state index contributed by atoms with van der Waals surface area (Å²) in [6.07, 6.45) is 0.838. The van der Waals surface area contributed by atoms with Gasteiger partial charge < -0.3 is 9.84 Å². The molecule has 0 saturated heterocycles. The van der Waals surface area contributed by atoms with Crippen LogP contribution >= 0.6 is 0 Å². The average molecular weight is 442 g/mol. The third-order valence-electron chi connectivity index (χ3n) is 4.21. The molecule has 1 aromatic heterocycles. The normalized spacial score (nSPS) is 10.8. The Kier molecular flexibility index (Phi) is 5.95. The van der Waals surface area contributed by atoms with Gasteiger partial charge in [-0.25, -0.2) is 9.36 Å². The maximum absolute atomic E-state index is 12.3. The highest BCUT2D eigenvalue weighted by Gasteiger charge is 2.20. The number of hydrogen-bond donors (Lipinski definition) is 3. The summed E-state index contributed by atoms with van der Waals surface area (Å²) in [7, 11) is 1.36. The van der Waals surface area contributed by atoms with Crippen LogP contribution in [0.25, 0.3) is 5.69 Å². The smallest absolute Gasteiger partial charge is 0.335 e. The molecule has 14 heteroatoms. The summed E-state index contributed by atoms with van der Waals surface area (Å²) in [6.45, 7) is 0. The monoisotopic (exact) mass is 442 g/mol. The zero-order valence-corrected chi connectivity index (χ0v) is 16.2. The summed E-state index contributed by atoms with van der Waals surface area (Å²) in [6, 6.07) is 9.05. The number of hydrogen-bond acceptors (Lipinski definition) is 10. The molecule has 0 aliphatic heterocycles. The highest BCUT2D eigenvalue weighted by atomic mass is 16.6. The predicted octanol–water partition coefficient (Wildman–Crippen LogP) is 1.50. The van der Waals surface area contributed by atoms with Gasteiger partial charge in [-0.1, -0.05) is 12.1 Å². The topological polar surface area (TPSA) is 195 Å². The summed E-state index contributed by atoms with van der Waals surface area (Å²) in [4.78, 5) is 46.8. The maximum atomic E-state index is 12.3. The van der Waals surface area contributed by atoms with Gasteiger partial charge in [0.15, 0.2) is 0 Å². The second-order valence-electron chi connectivity index (χ2n) is 6.09. The number of rotatable bonds is 7. The van der Waals surface area contributed by atoms with E-state index in [0.29, 0.717) is 0 Å². The molecule has 14 nitrogen and oxygen atoms in total. The third kappa shape index (κ3) is 4.13. The van der Waals surface area contributed by atoms with E-state index in [4.69, 9.17) is 4.74 Å². The first-order valence-electron chi connectivity index (χ1n) is 8.68. The number of hydrazone groups is 1. The molecule has 0 radical (unpaired) electrons. The lowest BCUT2D eigenvalue weighted by molar-refractivity contribution is -0.393. The van der Waals surface area contributed by atoms with Crippen molar-refractivity contribution in [3.8, 4) is 17.3 Å². The molecule has 3 rings (SSSR count). The Hall–Kier alpha value is -5.01. The van der Waals surface area contributed by atoms with Crippen molar-refractivity contribution >= 4 is 23.3 Å². The van der Waals surface area contributed by atoms with Crippen LogP contribution < -0.4 is 21.4 Å². The zero-order chi connectivity index (χ0) is 23.4. The minimum absolute atomic E-state index is 0.141.